The highest BCUT2D eigenvalue weighted by Crippen LogP contribution is 2.22. The molecule has 1 aromatic rings. The molecule has 0 aromatic heterocycles. The zero-order valence-electron chi connectivity index (χ0n) is 15.1. The number of nitrogens with zero attached hydrogens (tertiary/aromatic N) is 1. The Labute approximate surface area is 153 Å². The van der Waals surface area contributed by atoms with Gasteiger partial charge >= 0.3 is 12.0 Å². The Balaban J connectivity index is 1.71. The number of benzene rings is 1. The average molecular weight is 361 g/mol. The van der Waals surface area contributed by atoms with Crippen molar-refractivity contribution in [3.63, 3.8) is 0 Å². The zero-order valence-corrected chi connectivity index (χ0v) is 15.1. The third-order valence-electron chi connectivity index (χ3n) is 4.58. The molecule has 0 spiro atoms. The van der Waals surface area contributed by atoms with Gasteiger partial charge in [-0.3, -0.25) is 9.59 Å². The van der Waals surface area contributed by atoms with Crippen LogP contribution in [0, 0.1) is 5.92 Å². The van der Waals surface area contributed by atoms with Crippen LogP contribution in [0.3, 0.4) is 0 Å². The van der Waals surface area contributed by atoms with Gasteiger partial charge in [-0.2, -0.15) is 0 Å². The van der Waals surface area contributed by atoms with Gasteiger partial charge in [0.1, 0.15) is 0 Å². The summed E-state index contributed by atoms with van der Waals surface area (Å²) < 4.78 is 5.15. The molecule has 0 radical (unpaired) electrons. The van der Waals surface area contributed by atoms with Crippen molar-refractivity contribution in [2.45, 2.75) is 38.7 Å². The number of carbonyl (C=O) groups is 3. The van der Waals surface area contributed by atoms with Gasteiger partial charge in [-0.25, -0.2) is 4.79 Å². The number of primary amides is 1. The lowest BCUT2D eigenvalue weighted by Crippen LogP contribution is -2.44. The molecule has 0 unspecified atom stereocenters. The molecule has 7 heteroatoms. The molecule has 1 aliphatic heterocycles. The fourth-order valence-electron chi connectivity index (χ4n) is 3.16. The van der Waals surface area contributed by atoms with E-state index in [4.69, 9.17) is 10.5 Å². The second-order valence-electron chi connectivity index (χ2n) is 6.63. The number of hydrogen-bond donors (Lipinski definition) is 2. The molecular formula is C19H27N3O4. The molecule has 2 rings (SSSR count). The predicted octanol–water partition coefficient (Wildman–Crippen LogP) is 1.46. The summed E-state index contributed by atoms with van der Waals surface area (Å²) in [5.74, 6) is -0.128. The summed E-state index contributed by atoms with van der Waals surface area (Å²) in [5.41, 5.74) is 6.25. The molecule has 1 heterocycles. The molecule has 1 aromatic carbocycles. The van der Waals surface area contributed by atoms with Crippen LogP contribution in [0.4, 0.5) is 4.79 Å². The smallest absolute Gasteiger partial charge is 0.312 e. The Bertz CT molecular complexity index is 612. The molecule has 0 aliphatic carbocycles. The predicted molar refractivity (Wildman–Crippen MR) is 97.2 cm³/mol. The van der Waals surface area contributed by atoms with Crippen LogP contribution >= 0.6 is 0 Å². The number of rotatable bonds is 7. The molecular weight excluding hydrogens is 334 g/mol. The van der Waals surface area contributed by atoms with Crippen LogP contribution in [0.5, 0.6) is 0 Å². The highest BCUT2D eigenvalue weighted by molar-refractivity contribution is 5.83. The minimum absolute atomic E-state index is 0.0142. The van der Waals surface area contributed by atoms with Crippen molar-refractivity contribution in [2.24, 2.45) is 11.7 Å². The number of hydrogen-bond acceptors (Lipinski definition) is 4. The largest absolute Gasteiger partial charge is 0.452 e. The Morgan fingerprint density at radius 2 is 1.88 bits per heavy atom. The van der Waals surface area contributed by atoms with Crippen LogP contribution in [0.2, 0.25) is 0 Å². The van der Waals surface area contributed by atoms with Crippen molar-refractivity contribution in [2.75, 3.05) is 19.6 Å². The van der Waals surface area contributed by atoms with Crippen molar-refractivity contribution in [1.29, 1.82) is 0 Å². The van der Waals surface area contributed by atoms with E-state index in [0.717, 1.165) is 19.3 Å². The monoisotopic (exact) mass is 361 g/mol. The fourth-order valence-corrected chi connectivity index (χ4v) is 3.16. The first-order valence-electron chi connectivity index (χ1n) is 9.01. The van der Waals surface area contributed by atoms with E-state index in [2.05, 4.69) is 17.4 Å². The molecule has 142 valence electrons. The van der Waals surface area contributed by atoms with Gasteiger partial charge in [0.05, 0.1) is 6.42 Å². The number of amides is 3. The van der Waals surface area contributed by atoms with E-state index in [-0.39, 0.29) is 18.9 Å². The van der Waals surface area contributed by atoms with E-state index in [9.17, 15) is 14.4 Å². The summed E-state index contributed by atoms with van der Waals surface area (Å²) in [5, 5.41) is 2.31. The first-order valence-corrected chi connectivity index (χ1v) is 9.01. The quantitative estimate of drug-likeness (QED) is 0.718. The van der Waals surface area contributed by atoms with Gasteiger partial charge in [-0.15, -0.1) is 0 Å². The van der Waals surface area contributed by atoms with Gasteiger partial charge < -0.3 is 20.7 Å². The SMILES string of the molecule is C[C@@H](OC(=O)CCNC(N)=O)C(=O)N1CCC(Cc2ccccc2)CC1. The van der Waals surface area contributed by atoms with E-state index in [0.29, 0.717) is 19.0 Å². The first kappa shape index (κ1) is 19.8. The van der Waals surface area contributed by atoms with E-state index in [1.54, 1.807) is 11.8 Å². The molecule has 0 bridgehead atoms. The van der Waals surface area contributed by atoms with Crippen molar-refractivity contribution in [1.82, 2.24) is 10.2 Å². The van der Waals surface area contributed by atoms with Gasteiger partial charge in [-0.05, 0) is 37.7 Å². The standard InChI is InChI=1S/C19H27N3O4/c1-14(26-17(23)7-10-21-19(20)25)18(24)22-11-8-16(9-12-22)13-15-5-3-2-4-6-15/h2-6,14,16H,7-13H2,1H3,(H3,20,21,25)/t14-/m1/s1. The number of nitrogens with two attached hydrogens (primary N) is 1. The van der Waals surface area contributed by atoms with Gasteiger partial charge in [0, 0.05) is 19.6 Å². The number of carbonyl (C=O) groups excluding carboxylic acids is 3. The highest BCUT2D eigenvalue weighted by Gasteiger charge is 2.28. The topological polar surface area (TPSA) is 102 Å². The molecule has 1 fully saturated rings. The van der Waals surface area contributed by atoms with E-state index in [1.165, 1.54) is 5.56 Å². The Hall–Kier alpha value is -2.57. The second kappa shape index (κ2) is 9.79. The van der Waals surface area contributed by atoms with Crippen molar-refractivity contribution >= 4 is 17.9 Å². The summed E-state index contributed by atoms with van der Waals surface area (Å²) in [4.78, 5) is 36.5. The number of likely N-dealkylation sites (tertiary alicyclic amines) is 1. The highest BCUT2D eigenvalue weighted by atomic mass is 16.5. The normalized spacial score (nSPS) is 16.0. The minimum atomic E-state index is -0.818. The molecule has 3 N–H and O–H groups in total. The molecule has 0 saturated carbocycles. The van der Waals surface area contributed by atoms with Crippen LogP contribution in [-0.4, -0.2) is 48.5 Å². The fraction of sp³-hybridized carbons (Fsp3) is 0.526. The summed E-state index contributed by atoms with van der Waals surface area (Å²) in [7, 11) is 0. The number of nitrogens with one attached hydrogen (secondary N) is 1. The third kappa shape index (κ3) is 6.38. The molecule has 3 amide bonds. The van der Waals surface area contributed by atoms with Crippen LogP contribution in [0.25, 0.3) is 0 Å². The summed E-state index contributed by atoms with van der Waals surface area (Å²) in [6.45, 7) is 3.04. The average Bonchev–Trinajstić information content (AvgIpc) is 2.62. The van der Waals surface area contributed by atoms with Crippen molar-refractivity contribution < 1.29 is 19.1 Å². The maximum atomic E-state index is 12.4. The van der Waals surface area contributed by atoms with E-state index in [1.807, 2.05) is 18.2 Å². The number of esters is 1. The molecule has 7 nitrogen and oxygen atoms in total. The van der Waals surface area contributed by atoms with Crippen molar-refractivity contribution in [3.05, 3.63) is 35.9 Å². The number of ether oxygens (including phenoxy) is 1. The van der Waals surface area contributed by atoms with Crippen molar-refractivity contribution in [3.8, 4) is 0 Å². The lowest BCUT2D eigenvalue weighted by Gasteiger charge is -2.33. The zero-order chi connectivity index (χ0) is 18.9. The van der Waals surface area contributed by atoms with Gasteiger partial charge in [-0.1, -0.05) is 30.3 Å². The lowest BCUT2D eigenvalue weighted by atomic mass is 9.90. The minimum Gasteiger partial charge on any atom is -0.452 e. The van der Waals surface area contributed by atoms with Gasteiger partial charge in [0.2, 0.25) is 0 Å². The van der Waals surface area contributed by atoms with E-state index < -0.39 is 18.1 Å². The summed E-state index contributed by atoms with van der Waals surface area (Å²) >= 11 is 0. The Morgan fingerprint density at radius 1 is 1.23 bits per heavy atom. The van der Waals surface area contributed by atoms with Gasteiger partial charge in [0.15, 0.2) is 6.10 Å². The number of piperidine rings is 1. The number of urea groups is 1. The third-order valence-corrected chi connectivity index (χ3v) is 4.58. The first-order chi connectivity index (χ1) is 12.5. The summed E-state index contributed by atoms with van der Waals surface area (Å²) in [6.07, 6.45) is 2.09. The van der Waals surface area contributed by atoms with Crippen LogP contribution in [0.1, 0.15) is 31.7 Å². The summed E-state index contributed by atoms with van der Waals surface area (Å²) in [6, 6.07) is 9.67. The maximum absolute atomic E-state index is 12.4. The van der Waals surface area contributed by atoms with Crippen LogP contribution in [0.15, 0.2) is 30.3 Å². The molecule has 1 aliphatic rings. The lowest BCUT2D eigenvalue weighted by molar-refractivity contribution is -0.159. The Morgan fingerprint density at radius 3 is 2.50 bits per heavy atom. The Kier molecular flexibility index (Phi) is 7.44. The molecule has 1 saturated heterocycles. The second-order valence-corrected chi connectivity index (χ2v) is 6.63. The van der Waals surface area contributed by atoms with Gasteiger partial charge in [0.25, 0.3) is 5.91 Å². The van der Waals surface area contributed by atoms with Crippen LogP contribution in [-0.2, 0) is 20.7 Å². The van der Waals surface area contributed by atoms with Crippen LogP contribution < -0.4 is 11.1 Å². The molecule has 26 heavy (non-hydrogen) atoms. The molecule has 1 atom stereocenters. The van der Waals surface area contributed by atoms with E-state index >= 15 is 0 Å². The maximum Gasteiger partial charge on any atom is 0.312 e.